The van der Waals surface area contributed by atoms with Gasteiger partial charge in [-0.25, -0.2) is 0 Å². The van der Waals surface area contributed by atoms with E-state index in [0.717, 1.165) is 53.4 Å². The molecule has 0 saturated heterocycles. The number of benzene rings is 1. The molecule has 5 rings (SSSR count). The van der Waals surface area contributed by atoms with E-state index in [2.05, 4.69) is 21.4 Å². The number of aromatic amines is 2. The van der Waals surface area contributed by atoms with E-state index < -0.39 is 0 Å². The number of carbonyl (C=O) groups excluding carboxylic acids is 1. The highest BCUT2D eigenvalue weighted by Gasteiger charge is 2.43. The molecule has 2 aromatic heterocycles. The maximum atomic E-state index is 12.9. The Morgan fingerprint density at radius 2 is 1.96 bits per heavy atom. The molecule has 1 aliphatic heterocycles. The molecule has 27 heavy (non-hydrogen) atoms. The molecule has 3 atom stereocenters. The second-order valence-corrected chi connectivity index (χ2v) is 7.69. The zero-order chi connectivity index (χ0) is 18.5. The first-order chi connectivity index (χ1) is 13.1. The number of aromatic nitrogens is 2. The Balaban J connectivity index is 1.76. The van der Waals surface area contributed by atoms with Crippen molar-refractivity contribution in [1.82, 2.24) is 14.9 Å². The van der Waals surface area contributed by atoms with Crippen LogP contribution in [0.5, 0.6) is 5.88 Å². The van der Waals surface area contributed by atoms with Crippen molar-refractivity contribution in [2.75, 3.05) is 5.32 Å². The van der Waals surface area contributed by atoms with Crippen LogP contribution in [0.15, 0.2) is 36.7 Å². The molecule has 1 aromatic carbocycles. The molecule has 140 valence electrons. The Morgan fingerprint density at radius 3 is 2.81 bits per heavy atom. The van der Waals surface area contributed by atoms with Gasteiger partial charge < -0.3 is 25.3 Å². The molecule has 1 saturated carbocycles. The summed E-state index contributed by atoms with van der Waals surface area (Å²) < 4.78 is 0. The number of aromatic hydroxyl groups is 1. The summed E-state index contributed by atoms with van der Waals surface area (Å²) in [5, 5.41) is 15.3. The van der Waals surface area contributed by atoms with Crippen molar-refractivity contribution in [3.63, 3.8) is 0 Å². The number of anilines is 1. The fraction of sp³-hybridized carbons (Fsp3) is 0.381. The molecule has 1 aliphatic carbocycles. The third kappa shape index (κ3) is 2.43. The average Bonchev–Trinajstić information content (AvgIpc) is 3.20. The van der Waals surface area contributed by atoms with E-state index in [1.807, 2.05) is 35.5 Å². The van der Waals surface area contributed by atoms with Crippen LogP contribution in [0.25, 0.3) is 10.9 Å². The largest absolute Gasteiger partial charge is 0.494 e. The van der Waals surface area contributed by atoms with Gasteiger partial charge in [-0.1, -0.05) is 31.0 Å². The first-order valence-electron chi connectivity index (χ1n) is 9.67. The number of amides is 1. The summed E-state index contributed by atoms with van der Waals surface area (Å²) in [5.41, 5.74) is 3.70. The maximum Gasteiger partial charge on any atom is 0.220 e. The smallest absolute Gasteiger partial charge is 0.220 e. The Morgan fingerprint density at radius 1 is 1.15 bits per heavy atom. The molecular weight excluding hydrogens is 340 g/mol. The van der Waals surface area contributed by atoms with Gasteiger partial charge in [-0.05, 0) is 18.9 Å². The molecule has 1 fully saturated rings. The monoisotopic (exact) mass is 364 g/mol. The minimum absolute atomic E-state index is 0.0393. The van der Waals surface area contributed by atoms with Crippen LogP contribution < -0.4 is 5.32 Å². The van der Waals surface area contributed by atoms with Crippen molar-refractivity contribution in [3.8, 4) is 5.88 Å². The average molecular weight is 364 g/mol. The van der Waals surface area contributed by atoms with E-state index in [4.69, 9.17) is 0 Å². The van der Waals surface area contributed by atoms with Gasteiger partial charge in [0, 0.05) is 41.8 Å². The minimum atomic E-state index is -0.333. The van der Waals surface area contributed by atoms with E-state index in [1.165, 1.54) is 0 Å². The van der Waals surface area contributed by atoms with Crippen molar-refractivity contribution < 1.29 is 9.90 Å². The van der Waals surface area contributed by atoms with Crippen molar-refractivity contribution in [3.05, 3.63) is 47.8 Å². The first kappa shape index (κ1) is 16.3. The van der Waals surface area contributed by atoms with Gasteiger partial charge in [-0.2, -0.15) is 0 Å². The van der Waals surface area contributed by atoms with Gasteiger partial charge in [0.2, 0.25) is 5.91 Å². The predicted molar refractivity (Wildman–Crippen MR) is 105 cm³/mol. The summed E-state index contributed by atoms with van der Waals surface area (Å²) in [6.07, 6.45) is 8.08. The second-order valence-electron chi connectivity index (χ2n) is 7.69. The normalized spacial score (nSPS) is 24.8. The quantitative estimate of drug-likeness (QED) is 0.529. The van der Waals surface area contributed by atoms with Crippen LogP contribution in [-0.2, 0) is 4.79 Å². The molecule has 3 heterocycles. The van der Waals surface area contributed by atoms with Gasteiger partial charge in [-0.15, -0.1) is 0 Å². The molecule has 2 aliphatic rings. The molecule has 6 nitrogen and oxygen atoms in total. The third-order valence-corrected chi connectivity index (χ3v) is 6.16. The van der Waals surface area contributed by atoms with Crippen LogP contribution in [0, 0.1) is 0 Å². The molecule has 3 unspecified atom stereocenters. The van der Waals surface area contributed by atoms with Gasteiger partial charge in [-0.3, -0.25) is 4.79 Å². The minimum Gasteiger partial charge on any atom is -0.494 e. The lowest BCUT2D eigenvalue weighted by Crippen LogP contribution is -2.50. The Labute approximate surface area is 157 Å². The molecule has 4 N–H and O–H groups in total. The number of hydrogen-bond donors (Lipinski definition) is 4. The molecule has 0 bridgehead atoms. The van der Waals surface area contributed by atoms with Crippen molar-refractivity contribution in [2.45, 2.75) is 50.7 Å². The van der Waals surface area contributed by atoms with Crippen LogP contribution in [-0.4, -0.2) is 38.0 Å². The maximum absolute atomic E-state index is 12.9. The van der Waals surface area contributed by atoms with Gasteiger partial charge >= 0.3 is 0 Å². The molecule has 0 radical (unpaired) electrons. The number of fused-ring (bicyclic) bond motifs is 3. The van der Waals surface area contributed by atoms with Gasteiger partial charge in [0.05, 0.1) is 23.3 Å². The van der Waals surface area contributed by atoms with Crippen molar-refractivity contribution in [1.29, 1.82) is 0 Å². The second kappa shape index (κ2) is 6.08. The molecular formula is C21H24N4O2. The van der Waals surface area contributed by atoms with E-state index in [-0.39, 0.29) is 29.9 Å². The zero-order valence-electron chi connectivity index (χ0n) is 15.3. The summed E-state index contributed by atoms with van der Waals surface area (Å²) in [7, 11) is 0. The summed E-state index contributed by atoms with van der Waals surface area (Å²) in [6.45, 7) is 1.64. The number of para-hydroxylation sites is 1. The van der Waals surface area contributed by atoms with E-state index in [0.29, 0.717) is 0 Å². The topological polar surface area (TPSA) is 84.2 Å². The lowest BCUT2D eigenvalue weighted by atomic mass is 9.87. The van der Waals surface area contributed by atoms with E-state index in [1.54, 1.807) is 6.92 Å². The van der Waals surface area contributed by atoms with Crippen LogP contribution in [0.3, 0.4) is 0 Å². The fourth-order valence-corrected chi connectivity index (χ4v) is 5.00. The van der Waals surface area contributed by atoms with E-state index in [9.17, 15) is 9.90 Å². The zero-order valence-corrected chi connectivity index (χ0v) is 15.3. The highest BCUT2D eigenvalue weighted by atomic mass is 16.3. The Kier molecular flexibility index (Phi) is 3.67. The molecule has 0 spiro atoms. The Hall–Kier alpha value is -2.89. The summed E-state index contributed by atoms with van der Waals surface area (Å²) in [4.78, 5) is 21.2. The fourth-order valence-electron chi connectivity index (χ4n) is 5.00. The standard InChI is InChI=1S/C21H24N4O2/c1-12(26)25-18-9-5-4-8-16(18)24-17-11-23-21(27)19(17)20(25)14-10-22-15-7-3-2-6-13(14)15/h2-3,6-7,10-11,16,18,20,22-24,27H,4-5,8-9H2,1H3. The molecule has 3 aromatic rings. The first-order valence-corrected chi connectivity index (χ1v) is 9.67. The summed E-state index contributed by atoms with van der Waals surface area (Å²) >= 11 is 0. The third-order valence-electron chi connectivity index (χ3n) is 6.16. The summed E-state index contributed by atoms with van der Waals surface area (Å²) in [5.74, 6) is 0.162. The Bertz CT molecular complexity index is 1000. The van der Waals surface area contributed by atoms with Crippen LogP contribution in [0.4, 0.5) is 5.69 Å². The number of H-pyrrole nitrogens is 2. The van der Waals surface area contributed by atoms with Crippen LogP contribution in [0.1, 0.15) is 49.8 Å². The van der Waals surface area contributed by atoms with Gasteiger partial charge in [0.1, 0.15) is 0 Å². The van der Waals surface area contributed by atoms with E-state index >= 15 is 0 Å². The van der Waals surface area contributed by atoms with Crippen molar-refractivity contribution in [2.24, 2.45) is 0 Å². The molecule has 6 heteroatoms. The number of hydrogen-bond acceptors (Lipinski definition) is 3. The number of rotatable bonds is 1. The molecule has 1 amide bonds. The van der Waals surface area contributed by atoms with Crippen LogP contribution >= 0.6 is 0 Å². The number of nitrogens with zero attached hydrogens (tertiary/aromatic N) is 1. The van der Waals surface area contributed by atoms with Gasteiger partial charge in [0.15, 0.2) is 5.88 Å². The SMILES string of the molecule is CC(=O)N1C(c2c[nH]c3ccccc23)c2c(c[nH]c2O)NC2CCCCC21. The number of carbonyl (C=O) groups is 1. The highest BCUT2D eigenvalue weighted by Crippen LogP contribution is 2.46. The highest BCUT2D eigenvalue weighted by molar-refractivity contribution is 5.86. The van der Waals surface area contributed by atoms with Gasteiger partial charge in [0.25, 0.3) is 0 Å². The summed E-state index contributed by atoms with van der Waals surface area (Å²) in [6, 6.07) is 8.09. The predicted octanol–water partition coefficient (Wildman–Crippen LogP) is 3.88. The lowest BCUT2D eigenvalue weighted by Gasteiger charge is -2.41. The lowest BCUT2D eigenvalue weighted by molar-refractivity contribution is -0.134. The number of nitrogens with one attached hydrogen (secondary N) is 3. The van der Waals surface area contributed by atoms with Crippen molar-refractivity contribution >= 4 is 22.5 Å². The van der Waals surface area contributed by atoms with Crippen LogP contribution in [0.2, 0.25) is 0 Å².